The summed E-state index contributed by atoms with van der Waals surface area (Å²) in [6.07, 6.45) is 2.95. The first kappa shape index (κ1) is 18.1. The normalized spacial score (nSPS) is 12.0. The van der Waals surface area contributed by atoms with Crippen LogP contribution >= 0.6 is 11.3 Å². The predicted molar refractivity (Wildman–Crippen MR) is 112 cm³/mol. The Bertz CT molecular complexity index is 1370. The number of hydrogen-bond donors (Lipinski definition) is 0. The number of nitrogens with zero attached hydrogens (tertiary/aromatic N) is 2. The molecule has 4 aromatic rings. The maximum absolute atomic E-state index is 12.8. The summed E-state index contributed by atoms with van der Waals surface area (Å²) in [6, 6.07) is 11.0. The number of thiazole rings is 1. The van der Waals surface area contributed by atoms with Gasteiger partial charge in [-0.2, -0.15) is 4.99 Å². The van der Waals surface area contributed by atoms with Crippen molar-refractivity contribution in [1.82, 2.24) is 4.57 Å². The summed E-state index contributed by atoms with van der Waals surface area (Å²) < 4.78 is 8.45. The highest BCUT2D eigenvalue weighted by molar-refractivity contribution is 7.16. The Balaban J connectivity index is 1.93. The van der Waals surface area contributed by atoms with Crippen LogP contribution in [0.3, 0.4) is 0 Å². The highest BCUT2D eigenvalue weighted by Crippen LogP contribution is 2.23. The van der Waals surface area contributed by atoms with Gasteiger partial charge < -0.3 is 8.98 Å². The number of rotatable bonds is 3. The van der Waals surface area contributed by atoms with Crippen molar-refractivity contribution in [1.29, 1.82) is 0 Å². The van der Waals surface area contributed by atoms with Crippen LogP contribution in [0.2, 0.25) is 0 Å². The Kier molecular flexibility index (Phi) is 4.57. The zero-order chi connectivity index (χ0) is 19.8. The number of benzene rings is 2. The fraction of sp³-hybridized carbons (Fsp3) is 0.136. The van der Waals surface area contributed by atoms with E-state index in [9.17, 15) is 9.59 Å². The smallest absolute Gasteiger partial charge is 0.286 e. The molecule has 0 radical (unpaired) electrons. The Labute approximate surface area is 164 Å². The molecule has 0 aliphatic rings. The SMILES string of the molecule is C=CCn1c(=NC(=O)c2coc3ccccc3c2=O)sc2c(C)cc(C)cc21. The van der Waals surface area contributed by atoms with E-state index in [1.54, 1.807) is 30.3 Å². The summed E-state index contributed by atoms with van der Waals surface area (Å²) in [7, 11) is 0. The second kappa shape index (κ2) is 7.05. The molecule has 28 heavy (non-hydrogen) atoms. The lowest BCUT2D eigenvalue weighted by molar-refractivity contribution is 0.0995. The third-order valence-electron chi connectivity index (χ3n) is 4.53. The van der Waals surface area contributed by atoms with Crippen LogP contribution in [0.4, 0.5) is 0 Å². The van der Waals surface area contributed by atoms with Crippen molar-refractivity contribution in [2.24, 2.45) is 4.99 Å². The van der Waals surface area contributed by atoms with Crippen molar-refractivity contribution in [3.05, 3.63) is 87.0 Å². The van der Waals surface area contributed by atoms with Crippen LogP contribution in [0, 0.1) is 13.8 Å². The average Bonchev–Trinajstić information content (AvgIpc) is 3.00. The summed E-state index contributed by atoms with van der Waals surface area (Å²) in [5.74, 6) is -0.613. The van der Waals surface area contributed by atoms with E-state index in [-0.39, 0.29) is 11.0 Å². The molecule has 0 aliphatic carbocycles. The number of amides is 1. The number of allylic oxidation sites excluding steroid dienone is 1. The van der Waals surface area contributed by atoms with Crippen LogP contribution < -0.4 is 10.2 Å². The van der Waals surface area contributed by atoms with Gasteiger partial charge in [0.05, 0.1) is 15.6 Å². The number of para-hydroxylation sites is 1. The molecular formula is C22H18N2O3S. The molecule has 0 fully saturated rings. The van der Waals surface area contributed by atoms with Crippen molar-refractivity contribution in [3.8, 4) is 0 Å². The fourth-order valence-electron chi connectivity index (χ4n) is 3.28. The van der Waals surface area contributed by atoms with Crippen LogP contribution in [0.25, 0.3) is 21.2 Å². The van der Waals surface area contributed by atoms with Crippen molar-refractivity contribution in [2.45, 2.75) is 20.4 Å². The number of carbonyl (C=O) groups is 1. The van der Waals surface area contributed by atoms with Gasteiger partial charge in [-0.15, -0.1) is 6.58 Å². The van der Waals surface area contributed by atoms with Crippen molar-refractivity contribution in [2.75, 3.05) is 0 Å². The molecule has 4 rings (SSSR count). The van der Waals surface area contributed by atoms with Crippen LogP contribution in [0.15, 0.2) is 69.5 Å². The summed E-state index contributed by atoms with van der Waals surface area (Å²) in [4.78, 5) is 30.3. The third-order valence-corrected chi connectivity index (χ3v) is 5.76. The van der Waals surface area contributed by atoms with Crippen molar-refractivity contribution in [3.63, 3.8) is 0 Å². The van der Waals surface area contributed by atoms with E-state index in [0.29, 0.717) is 22.3 Å². The molecule has 0 saturated heterocycles. The largest absolute Gasteiger partial charge is 0.463 e. The first-order valence-corrected chi connectivity index (χ1v) is 9.62. The molecule has 1 amide bonds. The van der Waals surface area contributed by atoms with E-state index in [1.165, 1.54) is 17.6 Å². The number of hydrogen-bond acceptors (Lipinski definition) is 4. The minimum absolute atomic E-state index is 0.0748. The van der Waals surface area contributed by atoms with Crippen LogP contribution in [-0.2, 0) is 6.54 Å². The first-order chi connectivity index (χ1) is 13.5. The quantitative estimate of drug-likeness (QED) is 0.489. The molecule has 2 aromatic heterocycles. The first-order valence-electron chi connectivity index (χ1n) is 8.80. The number of aromatic nitrogens is 1. The van der Waals surface area contributed by atoms with E-state index in [4.69, 9.17) is 4.42 Å². The van der Waals surface area contributed by atoms with Crippen molar-refractivity contribution >= 4 is 38.4 Å². The van der Waals surface area contributed by atoms with Gasteiger partial charge in [-0.1, -0.05) is 35.6 Å². The maximum atomic E-state index is 12.8. The van der Waals surface area contributed by atoms with E-state index in [2.05, 4.69) is 23.7 Å². The van der Waals surface area contributed by atoms with Gasteiger partial charge in [0.25, 0.3) is 5.91 Å². The molecule has 0 spiro atoms. The van der Waals surface area contributed by atoms with Gasteiger partial charge in [-0.3, -0.25) is 9.59 Å². The number of fused-ring (bicyclic) bond motifs is 2. The molecule has 140 valence electrons. The Morgan fingerprint density at radius 3 is 2.86 bits per heavy atom. The summed E-state index contributed by atoms with van der Waals surface area (Å²) in [5.41, 5.74) is 3.25. The summed E-state index contributed by atoms with van der Waals surface area (Å²) in [6.45, 7) is 8.39. The molecule has 2 aromatic carbocycles. The monoisotopic (exact) mass is 390 g/mol. The maximum Gasteiger partial charge on any atom is 0.286 e. The highest BCUT2D eigenvalue weighted by atomic mass is 32.1. The van der Waals surface area contributed by atoms with Gasteiger partial charge in [-0.25, -0.2) is 0 Å². The van der Waals surface area contributed by atoms with Crippen LogP contribution in [-0.4, -0.2) is 10.5 Å². The average molecular weight is 390 g/mol. The minimum atomic E-state index is -0.613. The predicted octanol–water partition coefficient (Wildman–Crippen LogP) is 4.35. The molecule has 0 bridgehead atoms. The standard InChI is InChI=1S/C22H18N2O3S/c1-4-9-24-17-11-13(2)10-14(3)20(17)28-22(24)23-21(26)16-12-27-18-8-6-5-7-15(18)19(16)25/h4-8,10-12H,1,9H2,2-3H3. The molecule has 0 atom stereocenters. The summed E-state index contributed by atoms with van der Waals surface area (Å²) >= 11 is 1.43. The Morgan fingerprint density at radius 1 is 1.29 bits per heavy atom. The summed E-state index contributed by atoms with van der Waals surface area (Å²) in [5, 5.41) is 0.366. The van der Waals surface area contributed by atoms with E-state index >= 15 is 0 Å². The van der Waals surface area contributed by atoms with Gasteiger partial charge in [0, 0.05) is 6.54 Å². The van der Waals surface area contributed by atoms with Crippen LogP contribution in [0.1, 0.15) is 21.5 Å². The number of aryl methyl sites for hydroxylation is 2. The molecule has 0 aliphatic heterocycles. The third kappa shape index (κ3) is 3.01. The molecule has 0 saturated carbocycles. The van der Waals surface area contributed by atoms with E-state index in [1.807, 2.05) is 18.4 Å². The Hall–Kier alpha value is -3.25. The zero-order valence-electron chi connectivity index (χ0n) is 15.6. The van der Waals surface area contributed by atoms with Crippen molar-refractivity contribution < 1.29 is 9.21 Å². The van der Waals surface area contributed by atoms with E-state index in [0.717, 1.165) is 21.3 Å². The molecule has 5 nitrogen and oxygen atoms in total. The lowest BCUT2D eigenvalue weighted by Gasteiger charge is -2.03. The lowest BCUT2D eigenvalue weighted by Crippen LogP contribution is -2.19. The Morgan fingerprint density at radius 2 is 2.07 bits per heavy atom. The molecule has 2 heterocycles. The molecule has 0 unspecified atom stereocenters. The number of carbonyl (C=O) groups excluding carboxylic acids is 1. The molecule has 6 heteroatoms. The lowest BCUT2D eigenvalue weighted by atomic mass is 10.1. The zero-order valence-corrected chi connectivity index (χ0v) is 16.4. The second-order valence-corrected chi connectivity index (χ2v) is 7.58. The van der Waals surface area contributed by atoms with Gasteiger partial charge in [0.1, 0.15) is 17.4 Å². The van der Waals surface area contributed by atoms with E-state index < -0.39 is 5.91 Å². The van der Waals surface area contributed by atoms with Gasteiger partial charge in [0.2, 0.25) is 5.43 Å². The molecular weight excluding hydrogens is 372 g/mol. The molecule has 0 N–H and O–H groups in total. The van der Waals surface area contributed by atoms with Gasteiger partial charge in [0.15, 0.2) is 4.80 Å². The highest BCUT2D eigenvalue weighted by Gasteiger charge is 2.15. The van der Waals surface area contributed by atoms with Gasteiger partial charge >= 0.3 is 0 Å². The van der Waals surface area contributed by atoms with Crippen LogP contribution in [0.5, 0.6) is 0 Å². The van der Waals surface area contributed by atoms with Gasteiger partial charge in [-0.05, 0) is 43.2 Å². The topological polar surface area (TPSA) is 64.6 Å². The fourth-order valence-corrected chi connectivity index (χ4v) is 4.36. The second-order valence-electron chi connectivity index (χ2n) is 6.61. The minimum Gasteiger partial charge on any atom is -0.463 e.